The molecule has 2 rings (SSSR count). The fourth-order valence-corrected chi connectivity index (χ4v) is 3.65. The van der Waals surface area contributed by atoms with Crippen molar-refractivity contribution >= 4 is 0 Å². The summed E-state index contributed by atoms with van der Waals surface area (Å²) in [5.74, 6) is 3.27. The summed E-state index contributed by atoms with van der Waals surface area (Å²) in [5, 5.41) is 10.1. The molecule has 0 heterocycles. The molecule has 0 spiro atoms. The van der Waals surface area contributed by atoms with E-state index in [-0.39, 0.29) is 0 Å². The van der Waals surface area contributed by atoms with E-state index < -0.39 is 5.60 Å². The third-order valence-corrected chi connectivity index (χ3v) is 4.89. The van der Waals surface area contributed by atoms with Gasteiger partial charge in [0, 0.05) is 0 Å². The van der Waals surface area contributed by atoms with E-state index in [1.807, 2.05) is 13.8 Å². The van der Waals surface area contributed by atoms with Gasteiger partial charge in [-0.3, -0.25) is 0 Å². The van der Waals surface area contributed by atoms with E-state index in [2.05, 4.69) is 19.9 Å². The van der Waals surface area contributed by atoms with Gasteiger partial charge in [0.2, 0.25) is 0 Å². The van der Waals surface area contributed by atoms with Gasteiger partial charge < -0.3 is 5.11 Å². The van der Waals surface area contributed by atoms with E-state index in [9.17, 15) is 5.11 Å². The van der Waals surface area contributed by atoms with Crippen molar-refractivity contribution in [3.63, 3.8) is 0 Å². The van der Waals surface area contributed by atoms with Crippen LogP contribution in [-0.2, 0) is 0 Å². The van der Waals surface area contributed by atoms with Crippen molar-refractivity contribution in [2.45, 2.75) is 59.0 Å². The van der Waals surface area contributed by atoms with Gasteiger partial charge in [0.15, 0.2) is 0 Å². The third-order valence-electron chi connectivity index (χ3n) is 4.89. The first-order valence-electron chi connectivity index (χ1n) is 6.83. The summed E-state index contributed by atoms with van der Waals surface area (Å²) >= 11 is 0. The van der Waals surface area contributed by atoms with E-state index in [4.69, 9.17) is 0 Å². The van der Waals surface area contributed by atoms with Crippen molar-refractivity contribution in [1.82, 2.24) is 0 Å². The molecule has 1 nitrogen and oxygen atoms in total. The molecule has 1 unspecified atom stereocenters. The monoisotopic (exact) mass is 222 g/mol. The van der Waals surface area contributed by atoms with Crippen LogP contribution in [0.5, 0.6) is 0 Å². The molecule has 0 aliphatic heterocycles. The zero-order valence-corrected chi connectivity index (χ0v) is 11.2. The molecule has 16 heavy (non-hydrogen) atoms. The normalized spacial score (nSPS) is 40.2. The minimum atomic E-state index is -0.606. The van der Waals surface area contributed by atoms with Crippen molar-refractivity contribution in [1.29, 1.82) is 0 Å². The van der Waals surface area contributed by atoms with Crippen LogP contribution < -0.4 is 0 Å². The molecular weight excluding hydrogens is 196 g/mol. The minimum absolute atomic E-state index is 0.606. The van der Waals surface area contributed by atoms with Crippen molar-refractivity contribution in [3.8, 4) is 0 Å². The molecular formula is C15H26O. The molecule has 0 aromatic rings. The molecule has 0 aromatic heterocycles. The van der Waals surface area contributed by atoms with Gasteiger partial charge in [-0.2, -0.15) is 0 Å². The van der Waals surface area contributed by atoms with Crippen LogP contribution in [0.25, 0.3) is 0 Å². The van der Waals surface area contributed by atoms with Gasteiger partial charge in [-0.15, -0.1) is 0 Å². The summed E-state index contributed by atoms with van der Waals surface area (Å²) in [7, 11) is 0. The van der Waals surface area contributed by atoms with Gasteiger partial charge in [0.1, 0.15) is 0 Å². The summed E-state index contributed by atoms with van der Waals surface area (Å²) in [6.45, 7) is 8.64. The Morgan fingerprint density at radius 3 is 2.38 bits per heavy atom. The van der Waals surface area contributed by atoms with Crippen LogP contribution in [0.1, 0.15) is 53.4 Å². The molecule has 92 valence electrons. The maximum absolute atomic E-state index is 10.1. The maximum Gasteiger partial charge on any atom is 0.0800 e. The molecule has 1 heteroatoms. The number of rotatable bonds is 1. The lowest BCUT2D eigenvalue weighted by atomic mass is 9.62. The van der Waals surface area contributed by atoms with Gasteiger partial charge in [0.25, 0.3) is 0 Å². The number of fused-ring (bicyclic) bond motifs is 1. The van der Waals surface area contributed by atoms with Crippen LogP contribution in [0.15, 0.2) is 11.6 Å². The molecule has 0 radical (unpaired) electrons. The third kappa shape index (κ3) is 2.20. The van der Waals surface area contributed by atoms with Crippen LogP contribution in [0.2, 0.25) is 0 Å². The Kier molecular flexibility index (Phi) is 3.18. The quantitative estimate of drug-likeness (QED) is 0.669. The summed E-state index contributed by atoms with van der Waals surface area (Å²) < 4.78 is 0. The number of hydrogen-bond acceptors (Lipinski definition) is 1. The summed E-state index contributed by atoms with van der Waals surface area (Å²) in [6.07, 6.45) is 7.55. The van der Waals surface area contributed by atoms with Gasteiger partial charge in [0.05, 0.1) is 5.60 Å². The standard InChI is InChI=1S/C15H26O/c1-10-5-6-11(2)14-9-12(15(3,4)16)7-8-13(10)14/h9-11,13-14,16H,5-8H2,1-4H3/t10-,11+,13?,14+/m1/s1. The van der Waals surface area contributed by atoms with Crippen LogP contribution in [0.4, 0.5) is 0 Å². The average Bonchev–Trinajstić information content (AvgIpc) is 2.22. The first-order chi connectivity index (χ1) is 7.39. The molecule has 0 saturated heterocycles. The second-order valence-corrected chi connectivity index (χ2v) is 6.56. The Balaban J connectivity index is 2.22. The zero-order valence-electron chi connectivity index (χ0n) is 11.2. The lowest BCUT2D eigenvalue weighted by molar-refractivity contribution is 0.0864. The Labute approximate surface area is 99.9 Å². The van der Waals surface area contributed by atoms with E-state index >= 15 is 0 Å². The molecule has 2 aliphatic carbocycles. The highest BCUT2D eigenvalue weighted by atomic mass is 16.3. The number of allylic oxidation sites excluding steroid dienone is 1. The lowest BCUT2D eigenvalue weighted by Crippen LogP contribution is -2.36. The highest BCUT2D eigenvalue weighted by Crippen LogP contribution is 2.46. The van der Waals surface area contributed by atoms with Crippen molar-refractivity contribution in [2.75, 3.05) is 0 Å². The van der Waals surface area contributed by atoms with Gasteiger partial charge >= 0.3 is 0 Å². The fourth-order valence-electron chi connectivity index (χ4n) is 3.65. The predicted octanol–water partition coefficient (Wildman–Crippen LogP) is 3.78. The minimum Gasteiger partial charge on any atom is -0.386 e. The SMILES string of the molecule is C[C@@H]1CC[C@H](C)[C@@H]2C=C(C(C)(C)O)CCC12. The summed E-state index contributed by atoms with van der Waals surface area (Å²) in [5.41, 5.74) is 0.667. The molecule has 0 bridgehead atoms. The van der Waals surface area contributed by atoms with Crippen LogP contribution in [0.3, 0.4) is 0 Å². The van der Waals surface area contributed by atoms with Crippen molar-refractivity contribution in [2.24, 2.45) is 23.7 Å². The first-order valence-corrected chi connectivity index (χ1v) is 6.83. The molecule has 1 fully saturated rings. The topological polar surface area (TPSA) is 20.2 Å². The molecule has 1 N–H and O–H groups in total. The van der Waals surface area contributed by atoms with Crippen LogP contribution in [-0.4, -0.2) is 10.7 Å². The molecule has 2 aliphatic rings. The Morgan fingerprint density at radius 1 is 1.12 bits per heavy atom. The maximum atomic E-state index is 10.1. The first kappa shape index (κ1) is 12.2. The van der Waals surface area contributed by atoms with E-state index in [0.29, 0.717) is 0 Å². The lowest BCUT2D eigenvalue weighted by Gasteiger charge is -2.44. The molecule has 0 amide bonds. The van der Waals surface area contributed by atoms with Crippen molar-refractivity contribution < 1.29 is 5.11 Å². The van der Waals surface area contributed by atoms with E-state index in [1.54, 1.807) is 0 Å². The predicted molar refractivity (Wildman–Crippen MR) is 68.2 cm³/mol. The molecule has 0 aromatic carbocycles. The van der Waals surface area contributed by atoms with Gasteiger partial charge in [-0.25, -0.2) is 0 Å². The summed E-state index contributed by atoms with van der Waals surface area (Å²) in [4.78, 5) is 0. The van der Waals surface area contributed by atoms with Gasteiger partial charge in [-0.1, -0.05) is 26.3 Å². The van der Waals surface area contributed by atoms with E-state index in [1.165, 1.54) is 24.8 Å². The largest absolute Gasteiger partial charge is 0.386 e. The highest BCUT2D eigenvalue weighted by molar-refractivity contribution is 5.20. The Bertz CT molecular complexity index is 284. The van der Waals surface area contributed by atoms with E-state index in [0.717, 1.165) is 30.1 Å². The number of aliphatic hydroxyl groups is 1. The van der Waals surface area contributed by atoms with Crippen LogP contribution in [0, 0.1) is 23.7 Å². The summed E-state index contributed by atoms with van der Waals surface area (Å²) in [6, 6.07) is 0. The smallest absolute Gasteiger partial charge is 0.0800 e. The van der Waals surface area contributed by atoms with Gasteiger partial charge in [-0.05, 0) is 62.4 Å². The van der Waals surface area contributed by atoms with Crippen LogP contribution >= 0.6 is 0 Å². The molecule has 1 saturated carbocycles. The average molecular weight is 222 g/mol. The second kappa shape index (κ2) is 4.18. The number of hydrogen-bond donors (Lipinski definition) is 1. The second-order valence-electron chi connectivity index (χ2n) is 6.56. The van der Waals surface area contributed by atoms with Crippen molar-refractivity contribution in [3.05, 3.63) is 11.6 Å². The highest BCUT2D eigenvalue weighted by Gasteiger charge is 2.38. The Hall–Kier alpha value is -0.300. The fraction of sp³-hybridized carbons (Fsp3) is 0.867. The zero-order chi connectivity index (χ0) is 11.9. The Morgan fingerprint density at radius 2 is 1.75 bits per heavy atom. The molecule has 4 atom stereocenters.